The number of aromatic nitrogens is 2. The van der Waals surface area contributed by atoms with Crippen LogP contribution in [0.5, 0.6) is 0 Å². The molecule has 0 saturated heterocycles. The molecule has 25 heavy (non-hydrogen) atoms. The van der Waals surface area contributed by atoms with Crippen molar-refractivity contribution in [3.63, 3.8) is 0 Å². The largest absolute Gasteiger partial charge is 0.309 e. The van der Waals surface area contributed by atoms with E-state index in [0.717, 1.165) is 5.56 Å². The first-order valence-electron chi connectivity index (χ1n) is 7.99. The zero-order chi connectivity index (χ0) is 17.9. The zero-order valence-corrected chi connectivity index (χ0v) is 14.7. The second-order valence-electron chi connectivity index (χ2n) is 5.68. The number of nitrogens with zero attached hydrogens (tertiary/aromatic N) is 2. The number of aromatic amines is 1. The number of rotatable bonds is 6. The molecule has 1 N–H and O–H groups in total. The molecule has 0 aliphatic carbocycles. The summed E-state index contributed by atoms with van der Waals surface area (Å²) >= 11 is 0. The fourth-order valence-electron chi connectivity index (χ4n) is 2.60. The molecule has 7 heteroatoms. The monoisotopic (exact) mass is 357 g/mol. The van der Waals surface area contributed by atoms with Crippen LogP contribution in [0.1, 0.15) is 18.3 Å². The van der Waals surface area contributed by atoms with Crippen LogP contribution in [0.15, 0.2) is 59.4 Å². The number of hydrogen-bond acceptors (Lipinski definition) is 4. The van der Waals surface area contributed by atoms with Gasteiger partial charge in [-0.25, -0.2) is 13.4 Å². The van der Waals surface area contributed by atoms with Gasteiger partial charge < -0.3 is 4.98 Å². The lowest BCUT2D eigenvalue weighted by atomic mass is 10.2. The smallest absolute Gasteiger partial charge is 0.258 e. The fraction of sp³-hybridized carbons (Fsp3) is 0.222. The number of para-hydroxylation sites is 1. The molecular weight excluding hydrogens is 338 g/mol. The number of benzene rings is 2. The van der Waals surface area contributed by atoms with Gasteiger partial charge in [0, 0.05) is 6.54 Å². The van der Waals surface area contributed by atoms with Gasteiger partial charge >= 0.3 is 0 Å². The van der Waals surface area contributed by atoms with Crippen LogP contribution in [0.2, 0.25) is 0 Å². The summed E-state index contributed by atoms with van der Waals surface area (Å²) in [5, 5.41) is 0.485. The topological polar surface area (TPSA) is 83.1 Å². The van der Waals surface area contributed by atoms with Crippen molar-refractivity contribution >= 4 is 20.9 Å². The van der Waals surface area contributed by atoms with Gasteiger partial charge in [0.1, 0.15) is 5.82 Å². The van der Waals surface area contributed by atoms with Gasteiger partial charge in [-0.2, -0.15) is 4.31 Å². The molecule has 0 bridgehead atoms. The molecule has 0 aliphatic rings. The second kappa shape index (κ2) is 7.16. The SMILES string of the molecule is CCS(=O)(=O)N(Cc1ccccc1)Cc1nc2ccccc2c(=O)[nH]1. The molecule has 0 amide bonds. The maximum Gasteiger partial charge on any atom is 0.258 e. The summed E-state index contributed by atoms with van der Waals surface area (Å²) < 4.78 is 26.3. The minimum Gasteiger partial charge on any atom is -0.309 e. The zero-order valence-electron chi connectivity index (χ0n) is 13.8. The fourth-order valence-corrected chi connectivity index (χ4v) is 3.63. The predicted molar refractivity (Wildman–Crippen MR) is 97.5 cm³/mol. The highest BCUT2D eigenvalue weighted by Gasteiger charge is 2.22. The third-order valence-electron chi connectivity index (χ3n) is 3.95. The maximum absolute atomic E-state index is 12.5. The summed E-state index contributed by atoms with van der Waals surface area (Å²) in [5.74, 6) is 0.314. The van der Waals surface area contributed by atoms with E-state index in [0.29, 0.717) is 16.7 Å². The van der Waals surface area contributed by atoms with Crippen LogP contribution in [-0.4, -0.2) is 28.4 Å². The van der Waals surface area contributed by atoms with Crippen molar-refractivity contribution < 1.29 is 8.42 Å². The van der Waals surface area contributed by atoms with Crippen molar-refractivity contribution in [3.8, 4) is 0 Å². The van der Waals surface area contributed by atoms with Crippen LogP contribution in [0.4, 0.5) is 0 Å². The predicted octanol–water partition coefficient (Wildman–Crippen LogP) is 2.27. The van der Waals surface area contributed by atoms with E-state index in [-0.39, 0.29) is 24.4 Å². The molecule has 1 heterocycles. The third-order valence-corrected chi connectivity index (χ3v) is 5.72. The number of hydrogen-bond donors (Lipinski definition) is 1. The van der Waals surface area contributed by atoms with Gasteiger partial charge in [-0.05, 0) is 24.6 Å². The summed E-state index contributed by atoms with van der Waals surface area (Å²) in [7, 11) is -3.45. The van der Waals surface area contributed by atoms with Gasteiger partial charge in [0.05, 0.1) is 23.2 Å². The summed E-state index contributed by atoms with van der Waals surface area (Å²) in [6.45, 7) is 1.85. The van der Waals surface area contributed by atoms with Crippen LogP contribution in [0.25, 0.3) is 10.9 Å². The molecule has 0 unspecified atom stereocenters. The van der Waals surface area contributed by atoms with E-state index in [9.17, 15) is 13.2 Å². The van der Waals surface area contributed by atoms with Crippen LogP contribution >= 0.6 is 0 Å². The highest BCUT2D eigenvalue weighted by molar-refractivity contribution is 7.89. The number of nitrogens with one attached hydrogen (secondary N) is 1. The average molecular weight is 357 g/mol. The van der Waals surface area contributed by atoms with E-state index in [2.05, 4.69) is 9.97 Å². The Bertz CT molecular complexity index is 1030. The lowest BCUT2D eigenvalue weighted by Crippen LogP contribution is -2.32. The van der Waals surface area contributed by atoms with Crippen molar-refractivity contribution in [2.45, 2.75) is 20.0 Å². The van der Waals surface area contributed by atoms with Gasteiger partial charge in [0.25, 0.3) is 5.56 Å². The molecule has 3 aromatic rings. The Morgan fingerprint density at radius 1 is 1.00 bits per heavy atom. The van der Waals surface area contributed by atoms with E-state index in [4.69, 9.17) is 0 Å². The Hall–Kier alpha value is -2.51. The normalized spacial score (nSPS) is 11.9. The van der Waals surface area contributed by atoms with Gasteiger partial charge in [0.15, 0.2) is 0 Å². The highest BCUT2D eigenvalue weighted by atomic mass is 32.2. The summed E-state index contributed by atoms with van der Waals surface area (Å²) in [5.41, 5.74) is 1.16. The van der Waals surface area contributed by atoms with E-state index in [1.54, 1.807) is 31.2 Å². The lowest BCUT2D eigenvalue weighted by Gasteiger charge is -2.21. The molecule has 130 valence electrons. The van der Waals surface area contributed by atoms with Crippen molar-refractivity contribution in [1.29, 1.82) is 0 Å². The Labute approximate surface area is 146 Å². The highest BCUT2D eigenvalue weighted by Crippen LogP contribution is 2.14. The molecule has 0 atom stereocenters. The minimum absolute atomic E-state index is 0.0162. The molecule has 1 aromatic heterocycles. The second-order valence-corrected chi connectivity index (χ2v) is 7.94. The Balaban J connectivity index is 1.96. The van der Waals surface area contributed by atoms with E-state index in [1.807, 2.05) is 30.3 Å². The first-order chi connectivity index (χ1) is 12.0. The Kier molecular flexibility index (Phi) is 4.96. The standard InChI is InChI=1S/C18H19N3O3S/c1-2-25(23,24)21(12-14-8-4-3-5-9-14)13-17-19-16-11-7-6-10-15(16)18(22)20-17/h3-11H,2,12-13H2,1H3,(H,19,20,22). The minimum atomic E-state index is -3.45. The Morgan fingerprint density at radius 3 is 2.40 bits per heavy atom. The summed E-state index contributed by atoms with van der Waals surface area (Å²) in [4.78, 5) is 19.3. The van der Waals surface area contributed by atoms with Crippen molar-refractivity contribution in [3.05, 3.63) is 76.3 Å². The van der Waals surface area contributed by atoms with Gasteiger partial charge in [-0.15, -0.1) is 0 Å². The first-order valence-corrected chi connectivity index (χ1v) is 9.60. The molecular formula is C18H19N3O3S. The Morgan fingerprint density at radius 2 is 1.68 bits per heavy atom. The van der Waals surface area contributed by atoms with Crippen LogP contribution in [0, 0.1) is 0 Å². The van der Waals surface area contributed by atoms with Crippen LogP contribution < -0.4 is 5.56 Å². The van der Waals surface area contributed by atoms with Crippen molar-refractivity contribution in [1.82, 2.24) is 14.3 Å². The molecule has 6 nitrogen and oxygen atoms in total. The molecule has 0 fully saturated rings. The summed E-state index contributed by atoms with van der Waals surface area (Å²) in [6, 6.07) is 16.3. The van der Waals surface area contributed by atoms with Crippen LogP contribution in [0.3, 0.4) is 0 Å². The number of sulfonamides is 1. The van der Waals surface area contributed by atoms with Crippen molar-refractivity contribution in [2.24, 2.45) is 0 Å². The number of fused-ring (bicyclic) bond motifs is 1. The molecule has 0 radical (unpaired) electrons. The lowest BCUT2D eigenvalue weighted by molar-refractivity contribution is 0.393. The molecule has 0 aliphatic heterocycles. The van der Waals surface area contributed by atoms with E-state index < -0.39 is 10.0 Å². The van der Waals surface area contributed by atoms with Gasteiger partial charge in [-0.1, -0.05) is 42.5 Å². The average Bonchev–Trinajstić information content (AvgIpc) is 2.62. The molecule has 0 saturated carbocycles. The van der Waals surface area contributed by atoms with Gasteiger partial charge in [0.2, 0.25) is 10.0 Å². The third kappa shape index (κ3) is 3.94. The molecule has 3 rings (SSSR count). The summed E-state index contributed by atoms with van der Waals surface area (Å²) in [6.07, 6.45) is 0. The first kappa shape index (κ1) is 17.3. The van der Waals surface area contributed by atoms with Crippen molar-refractivity contribution in [2.75, 3.05) is 5.75 Å². The maximum atomic E-state index is 12.5. The van der Waals surface area contributed by atoms with E-state index >= 15 is 0 Å². The van der Waals surface area contributed by atoms with E-state index in [1.165, 1.54) is 4.31 Å². The van der Waals surface area contributed by atoms with Gasteiger partial charge in [-0.3, -0.25) is 4.79 Å². The number of H-pyrrole nitrogens is 1. The molecule has 2 aromatic carbocycles. The quantitative estimate of drug-likeness (QED) is 0.734. The van der Waals surface area contributed by atoms with Crippen LogP contribution in [-0.2, 0) is 23.1 Å². The molecule has 0 spiro atoms.